The van der Waals surface area contributed by atoms with Gasteiger partial charge in [-0.2, -0.15) is 0 Å². The molecule has 0 atom stereocenters. The van der Waals surface area contributed by atoms with Crippen LogP contribution >= 0.6 is 0 Å². The van der Waals surface area contributed by atoms with Crippen molar-refractivity contribution in [2.24, 2.45) is 0 Å². The van der Waals surface area contributed by atoms with Gasteiger partial charge in [-0.15, -0.1) is 0 Å². The molecule has 11 heavy (non-hydrogen) atoms. The molecule has 1 aliphatic rings. The third-order valence-corrected chi connectivity index (χ3v) is 3.60. The number of sulfone groups is 1. The summed E-state index contributed by atoms with van der Waals surface area (Å²) < 4.78 is 24.7. The van der Waals surface area contributed by atoms with Gasteiger partial charge in [0.05, 0.1) is 13.2 Å². The van der Waals surface area contributed by atoms with E-state index >= 15 is 0 Å². The lowest BCUT2D eigenvalue weighted by Gasteiger charge is -2.34. The summed E-state index contributed by atoms with van der Waals surface area (Å²) in [6.45, 7) is -0.470. The second kappa shape index (κ2) is 2.18. The fraction of sp³-hybridized carbons (Fsp3) is 0.800. The maximum Gasteiger partial charge on any atom is 0.329 e. The third-order valence-electron chi connectivity index (χ3n) is 1.77. The molecular weight excluding hydrogens is 172 g/mol. The van der Waals surface area contributed by atoms with E-state index in [9.17, 15) is 13.2 Å². The molecule has 0 unspecified atom stereocenters. The fourth-order valence-electron chi connectivity index (χ4n) is 0.784. The summed E-state index contributed by atoms with van der Waals surface area (Å²) >= 11 is 0. The van der Waals surface area contributed by atoms with Crippen LogP contribution in [0.2, 0.25) is 0 Å². The van der Waals surface area contributed by atoms with Crippen LogP contribution < -0.4 is 0 Å². The van der Waals surface area contributed by atoms with Crippen molar-refractivity contribution in [3.05, 3.63) is 0 Å². The Morgan fingerprint density at radius 2 is 2.00 bits per heavy atom. The van der Waals surface area contributed by atoms with Crippen LogP contribution in [0.15, 0.2) is 0 Å². The standard InChI is InChI=1S/C5H8O5S/c1-11(8,9)5(4(6)7)2-10-3-5/h2-3H2,1H3,(H,6,7). The average molecular weight is 180 g/mol. The molecule has 1 rings (SSSR count). The van der Waals surface area contributed by atoms with Crippen molar-refractivity contribution < 1.29 is 23.1 Å². The van der Waals surface area contributed by atoms with E-state index in [4.69, 9.17) is 5.11 Å². The van der Waals surface area contributed by atoms with Crippen molar-refractivity contribution in [2.75, 3.05) is 19.5 Å². The van der Waals surface area contributed by atoms with Gasteiger partial charge in [0.1, 0.15) is 0 Å². The van der Waals surface area contributed by atoms with Crippen molar-refractivity contribution in [3.63, 3.8) is 0 Å². The monoisotopic (exact) mass is 180 g/mol. The molecule has 1 heterocycles. The summed E-state index contributed by atoms with van der Waals surface area (Å²) in [5.74, 6) is -1.33. The van der Waals surface area contributed by atoms with E-state index in [0.717, 1.165) is 6.26 Å². The van der Waals surface area contributed by atoms with Gasteiger partial charge in [0.2, 0.25) is 4.75 Å². The van der Waals surface area contributed by atoms with Crippen LogP contribution in [-0.2, 0) is 19.4 Å². The summed E-state index contributed by atoms with van der Waals surface area (Å²) in [5, 5.41) is 8.56. The molecule has 1 aliphatic heterocycles. The summed E-state index contributed by atoms with van der Waals surface area (Å²) in [6.07, 6.45) is 0.906. The SMILES string of the molecule is CS(=O)(=O)C1(C(=O)O)COC1. The minimum atomic E-state index is -3.55. The molecule has 0 amide bonds. The molecule has 64 valence electrons. The van der Waals surface area contributed by atoms with Crippen molar-refractivity contribution in [1.82, 2.24) is 0 Å². The molecule has 1 N–H and O–H groups in total. The largest absolute Gasteiger partial charge is 0.480 e. The van der Waals surface area contributed by atoms with E-state index in [-0.39, 0.29) is 13.2 Å². The molecule has 6 heteroatoms. The normalized spacial score (nSPS) is 22.3. The van der Waals surface area contributed by atoms with Crippen LogP contribution in [0.25, 0.3) is 0 Å². The van der Waals surface area contributed by atoms with Gasteiger partial charge >= 0.3 is 5.97 Å². The Bertz CT molecular complexity index is 273. The topological polar surface area (TPSA) is 80.7 Å². The second-order valence-electron chi connectivity index (χ2n) is 2.56. The highest BCUT2D eigenvalue weighted by atomic mass is 32.2. The van der Waals surface area contributed by atoms with Gasteiger partial charge < -0.3 is 9.84 Å². The van der Waals surface area contributed by atoms with E-state index in [0.29, 0.717) is 0 Å². The number of aliphatic carboxylic acids is 1. The van der Waals surface area contributed by atoms with Gasteiger partial charge in [-0.3, -0.25) is 4.79 Å². The average Bonchev–Trinajstić information content (AvgIpc) is 1.52. The number of hydrogen-bond donors (Lipinski definition) is 1. The quantitative estimate of drug-likeness (QED) is 0.582. The van der Waals surface area contributed by atoms with Crippen LogP contribution in [-0.4, -0.2) is 43.7 Å². The highest BCUT2D eigenvalue weighted by Gasteiger charge is 2.55. The van der Waals surface area contributed by atoms with Crippen LogP contribution in [0.1, 0.15) is 0 Å². The fourth-order valence-corrected chi connectivity index (χ4v) is 1.70. The zero-order valence-electron chi connectivity index (χ0n) is 5.90. The maximum atomic E-state index is 10.9. The van der Waals surface area contributed by atoms with Crippen molar-refractivity contribution in [3.8, 4) is 0 Å². The van der Waals surface area contributed by atoms with Gasteiger partial charge in [-0.05, 0) is 0 Å². The first kappa shape index (κ1) is 8.48. The first-order valence-electron chi connectivity index (χ1n) is 2.91. The molecule has 1 fully saturated rings. The highest BCUT2D eigenvalue weighted by molar-refractivity contribution is 7.93. The Kier molecular flexibility index (Phi) is 1.68. The number of carboxylic acids is 1. The zero-order chi connectivity index (χ0) is 8.70. The lowest BCUT2D eigenvalue weighted by molar-refractivity contribution is -0.152. The lowest BCUT2D eigenvalue weighted by Crippen LogP contribution is -2.60. The number of ether oxygens (including phenoxy) is 1. The Balaban J connectivity index is 3.04. The molecule has 0 radical (unpaired) electrons. The minimum absolute atomic E-state index is 0.235. The van der Waals surface area contributed by atoms with E-state index in [1.54, 1.807) is 0 Å². The summed E-state index contributed by atoms with van der Waals surface area (Å²) in [7, 11) is -3.55. The number of hydrogen-bond acceptors (Lipinski definition) is 4. The smallest absolute Gasteiger partial charge is 0.329 e. The van der Waals surface area contributed by atoms with Crippen molar-refractivity contribution in [1.29, 1.82) is 0 Å². The minimum Gasteiger partial charge on any atom is -0.480 e. The van der Waals surface area contributed by atoms with Crippen LogP contribution in [0.4, 0.5) is 0 Å². The Labute approximate surface area is 63.9 Å². The zero-order valence-corrected chi connectivity index (χ0v) is 6.72. The van der Waals surface area contributed by atoms with Crippen molar-refractivity contribution in [2.45, 2.75) is 4.75 Å². The molecule has 0 aromatic carbocycles. The Hall–Kier alpha value is -0.620. The van der Waals surface area contributed by atoms with Crippen LogP contribution in [0, 0.1) is 0 Å². The van der Waals surface area contributed by atoms with Gasteiger partial charge in [0.25, 0.3) is 0 Å². The number of rotatable bonds is 2. The van der Waals surface area contributed by atoms with E-state index in [1.807, 2.05) is 0 Å². The highest BCUT2D eigenvalue weighted by Crippen LogP contribution is 2.26. The molecule has 1 saturated heterocycles. The second-order valence-corrected chi connectivity index (χ2v) is 4.89. The number of carboxylic acid groups (broad SMARTS) is 1. The number of carbonyl (C=O) groups is 1. The predicted molar refractivity (Wildman–Crippen MR) is 36.0 cm³/mol. The maximum absolute atomic E-state index is 10.9. The summed E-state index contributed by atoms with van der Waals surface area (Å²) in [4.78, 5) is 10.5. The van der Waals surface area contributed by atoms with E-state index in [2.05, 4.69) is 4.74 Å². The molecule has 0 aromatic rings. The molecule has 0 aromatic heterocycles. The lowest BCUT2D eigenvalue weighted by atomic mass is 10.1. The van der Waals surface area contributed by atoms with Gasteiger partial charge in [0.15, 0.2) is 9.84 Å². The van der Waals surface area contributed by atoms with Crippen LogP contribution in [0.5, 0.6) is 0 Å². The Morgan fingerprint density at radius 3 is 2.00 bits per heavy atom. The third kappa shape index (κ3) is 1.02. The predicted octanol–water partition coefficient (Wildman–Crippen LogP) is -1.12. The van der Waals surface area contributed by atoms with Gasteiger partial charge in [-0.25, -0.2) is 8.42 Å². The molecule has 0 bridgehead atoms. The molecule has 0 aliphatic carbocycles. The molecule has 0 spiro atoms. The first-order chi connectivity index (χ1) is 4.90. The first-order valence-corrected chi connectivity index (χ1v) is 4.80. The van der Waals surface area contributed by atoms with Gasteiger partial charge in [0, 0.05) is 6.26 Å². The van der Waals surface area contributed by atoms with E-state index in [1.165, 1.54) is 0 Å². The summed E-state index contributed by atoms with van der Waals surface area (Å²) in [6, 6.07) is 0. The molecule has 0 saturated carbocycles. The van der Waals surface area contributed by atoms with Crippen molar-refractivity contribution >= 4 is 15.8 Å². The molecular formula is C5H8O5S. The molecule has 5 nitrogen and oxygen atoms in total. The Morgan fingerprint density at radius 1 is 1.55 bits per heavy atom. The van der Waals surface area contributed by atoms with Gasteiger partial charge in [-0.1, -0.05) is 0 Å². The van der Waals surface area contributed by atoms with Crippen LogP contribution in [0.3, 0.4) is 0 Å². The summed E-state index contributed by atoms with van der Waals surface area (Å²) in [5.41, 5.74) is 0. The van der Waals surface area contributed by atoms with E-state index < -0.39 is 20.6 Å².